The van der Waals surface area contributed by atoms with Gasteiger partial charge in [0.05, 0.1) is 22.7 Å². The smallest absolute Gasteiger partial charge is 0.337 e. The van der Waals surface area contributed by atoms with Crippen LogP contribution in [0.1, 0.15) is 21.5 Å². The molecule has 0 heterocycles. The summed E-state index contributed by atoms with van der Waals surface area (Å²) in [6.45, 7) is 1.22. The van der Waals surface area contributed by atoms with Crippen molar-refractivity contribution >= 4 is 29.2 Å². The number of hydrogen-bond donors (Lipinski definition) is 1. The standard InChI is InChI=1S/C16H15Cl2NO2/c1-21-16(20)12-5-2-4-11(8-12)9-19-10-13-6-3-7-14(17)15(13)18/h2-8,19H,9-10H2,1H3. The van der Waals surface area contributed by atoms with Gasteiger partial charge in [0, 0.05) is 13.1 Å². The highest BCUT2D eigenvalue weighted by atomic mass is 35.5. The van der Waals surface area contributed by atoms with E-state index in [4.69, 9.17) is 27.9 Å². The first kappa shape index (κ1) is 15.8. The number of rotatable bonds is 5. The summed E-state index contributed by atoms with van der Waals surface area (Å²) in [4.78, 5) is 11.5. The molecule has 2 aromatic carbocycles. The molecule has 0 saturated heterocycles. The summed E-state index contributed by atoms with van der Waals surface area (Å²) in [7, 11) is 1.37. The number of hydrogen-bond acceptors (Lipinski definition) is 3. The summed E-state index contributed by atoms with van der Waals surface area (Å²) in [5.41, 5.74) is 2.47. The highest BCUT2D eigenvalue weighted by molar-refractivity contribution is 6.42. The fraction of sp³-hybridized carbons (Fsp3) is 0.188. The largest absolute Gasteiger partial charge is 0.465 e. The molecule has 1 N–H and O–H groups in total. The normalized spacial score (nSPS) is 10.4. The summed E-state index contributed by atoms with van der Waals surface area (Å²) in [6.07, 6.45) is 0. The zero-order valence-corrected chi connectivity index (χ0v) is 13.0. The van der Waals surface area contributed by atoms with Crippen LogP contribution in [0.2, 0.25) is 10.0 Å². The average Bonchev–Trinajstić information content (AvgIpc) is 2.51. The molecule has 0 unspecified atom stereocenters. The van der Waals surface area contributed by atoms with Gasteiger partial charge in [-0.2, -0.15) is 0 Å². The summed E-state index contributed by atoms with van der Waals surface area (Å²) in [6, 6.07) is 12.8. The third-order valence-corrected chi connectivity index (χ3v) is 3.88. The number of halogens is 2. The van der Waals surface area contributed by atoms with E-state index >= 15 is 0 Å². The second-order valence-corrected chi connectivity index (χ2v) is 5.29. The minimum Gasteiger partial charge on any atom is -0.465 e. The lowest BCUT2D eigenvalue weighted by atomic mass is 10.1. The Labute approximate surface area is 133 Å². The van der Waals surface area contributed by atoms with E-state index in [1.165, 1.54) is 7.11 Å². The van der Waals surface area contributed by atoms with Crippen molar-refractivity contribution in [2.75, 3.05) is 7.11 Å². The van der Waals surface area contributed by atoms with Crippen molar-refractivity contribution in [2.24, 2.45) is 0 Å². The topological polar surface area (TPSA) is 38.3 Å². The molecule has 0 aliphatic rings. The van der Waals surface area contributed by atoms with E-state index in [9.17, 15) is 4.79 Å². The highest BCUT2D eigenvalue weighted by Crippen LogP contribution is 2.25. The Morgan fingerprint density at radius 1 is 1.14 bits per heavy atom. The van der Waals surface area contributed by atoms with Crippen molar-refractivity contribution in [3.63, 3.8) is 0 Å². The third kappa shape index (κ3) is 4.21. The zero-order valence-electron chi connectivity index (χ0n) is 11.5. The maximum atomic E-state index is 11.5. The van der Waals surface area contributed by atoms with Gasteiger partial charge in [-0.25, -0.2) is 4.79 Å². The van der Waals surface area contributed by atoms with Gasteiger partial charge in [-0.1, -0.05) is 47.5 Å². The number of ether oxygens (including phenoxy) is 1. The fourth-order valence-electron chi connectivity index (χ4n) is 1.95. The van der Waals surface area contributed by atoms with E-state index in [0.29, 0.717) is 28.7 Å². The molecule has 21 heavy (non-hydrogen) atoms. The van der Waals surface area contributed by atoms with E-state index in [1.54, 1.807) is 18.2 Å². The third-order valence-electron chi connectivity index (χ3n) is 3.02. The molecule has 0 amide bonds. The van der Waals surface area contributed by atoms with E-state index < -0.39 is 0 Å². The highest BCUT2D eigenvalue weighted by Gasteiger charge is 2.06. The predicted molar refractivity (Wildman–Crippen MR) is 84.8 cm³/mol. The van der Waals surface area contributed by atoms with Crippen LogP contribution in [0.3, 0.4) is 0 Å². The molecule has 3 nitrogen and oxygen atoms in total. The Kier molecular flexibility index (Phi) is 5.62. The molecule has 0 aliphatic heterocycles. The summed E-state index contributed by atoms with van der Waals surface area (Å²) >= 11 is 12.1. The van der Waals surface area contributed by atoms with Crippen molar-refractivity contribution in [2.45, 2.75) is 13.1 Å². The molecule has 0 fully saturated rings. The molecule has 2 rings (SSSR count). The molecule has 110 valence electrons. The average molecular weight is 324 g/mol. The summed E-state index contributed by atoms with van der Waals surface area (Å²) in [5.74, 6) is -0.338. The second-order valence-electron chi connectivity index (χ2n) is 4.51. The Morgan fingerprint density at radius 3 is 2.67 bits per heavy atom. The molecule has 5 heteroatoms. The number of esters is 1. The quantitative estimate of drug-likeness (QED) is 0.843. The minimum absolute atomic E-state index is 0.338. The lowest BCUT2D eigenvalue weighted by Gasteiger charge is -2.08. The van der Waals surface area contributed by atoms with Gasteiger partial charge in [0.2, 0.25) is 0 Å². The van der Waals surface area contributed by atoms with E-state index in [0.717, 1.165) is 11.1 Å². The van der Waals surface area contributed by atoms with E-state index in [2.05, 4.69) is 5.32 Å². The number of benzene rings is 2. The van der Waals surface area contributed by atoms with Gasteiger partial charge >= 0.3 is 5.97 Å². The van der Waals surface area contributed by atoms with Gasteiger partial charge in [-0.05, 0) is 29.3 Å². The van der Waals surface area contributed by atoms with E-state index in [-0.39, 0.29) is 5.97 Å². The summed E-state index contributed by atoms with van der Waals surface area (Å²) in [5, 5.41) is 4.38. The van der Waals surface area contributed by atoms with Crippen LogP contribution in [-0.4, -0.2) is 13.1 Å². The molecule has 0 aliphatic carbocycles. The first-order valence-electron chi connectivity index (χ1n) is 6.42. The lowest BCUT2D eigenvalue weighted by molar-refractivity contribution is 0.0600. The molecule has 0 radical (unpaired) electrons. The first-order chi connectivity index (χ1) is 10.1. The maximum Gasteiger partial charge on any atom is 0.337 e. The number of carbonyl (C=O) groups is 1. The van der Waals surface area contributed by atoms with Gasteiger partial charge in [0.1, 0.15) is 0 Å². The molecular formula is C16H15Cl2NO2. The number of carbonyl (C=O) groups excluding carboxylic acids is 1. The van der Waals surface area contributed by atoms with Gasteiger partial charge in [0.25, 0.3) is 0 Å². The Hall–Kier alpha value is -1.55. The van der Waals surface area contributed by atoms with Crippen molar-refractivity contribution in [1.82, 2.24) is 5.32 Å². The minimum atomic E-state index is -0.338. The Morgan fingerprint density at radius 2 is 1.90 bits per heavy atom. The fourth-order valence-corrected chi connectivity index (χ4v) is 2.34. The molecule has 0 aromatic heterocycles. The van der Waals surface area contributed by atoms with Crippen LogP contribution in [0, 0.1) is 0 Å². The predicted octanol–water partition coefficient (Wildman–Crippen LogP) is 4.07. The molecule has 0 saturated carbocycles. The SMILES string of the molecule is COC(=O)c1cccc(CNCc2cccc(Cl)c2Cl)c1. The summed E-state index contributed by atoms with van der Waals surface area (Å²) < 4.78 is 4.70. The van der Waals surface area contributed by atoms with Gasteiger partial charge in [-0.3, -0.25) is 0 Å². The zero-order chi connectivity index (χ0) is 15.2. The molecule has 0 bridgehead atoms. The van der Waals surface area contributed by atoms with Crippen LogP contribution in [0.15, 0.2) is 42.5 Å². The van der Waals surface area contributed by atoms with Crippen molar-refractivity contribution < 1.29 is 9.53 Å². The van der Waals surface area contributed by atoms with Gasteiger partial charge in [0.15, 0.2) is 0 Å². The van der Waals surface area contributed by atoms with E-state index in [1.807, 2.05) is 24.3 Å². The van der Waals surface area contributed by atoms with Crippen LogP contribution in [0.25, 0.3) is 0 Å². The van der Waals surface area contributed by atoms with Crippen LogP contribution in [-0.2, 0) is 17.8 Å². The Bertz CT molecular complexity index is 644. The maximum absolute atomic E-state index is 11.5. The number of methoxy groups -OCH3 is 1. The van der Waals surface area contributed by atoms with Crippen LogP contribution in [0.5, 0.6) is 0 Å². The number of nitrogens with one attached hydrogen (secondary N) is 1. The van der Waals surface area contributed by atoms with Crippen molar-refractivity contribution in [3.8, 4) is 0 Å². The van der Waals surface area contributed by atoms with Crippen LogP contribution >= 0.6 is 23.2 Å². The Balaban J connectivity index is 1.97. The van der Waals surface area contributed by atoms with Gasteiger partial charge < -0.3 is 10.1 Å². The molecular weight excluding hydrogens is 309 g/mol. The molecule has 0 spiro atoms. The molecule has 0 atom stereocenters. The van der Waals surface area contributed by atoms with Crippen molar-refractivity contribution in [3.05, 3.63) is 69.2 Å². The second kappa shape index (κ2) is 7.46. The lowest BCUT2D eigenvalue weighted by Crippen LogP contribution is -2.13. The van der Waals surface area contributed by atoms with Crippen LogP contribution < -0.4 is 5.32 Å². The molecule has 2 aromatic rings. The van der Waals surface area contributed by atoms with Gasteiger partial charge in [-0.15, -0.1) is 0 Å². The van der Waals surface area contributed by atoms with Crippen molar-refractivity contribution in [1.29, 1.82) is 0 Å². The monoisotopic (exact) mass is 323 g/mol. The van der Waals surface area contributed by atoms with Crippen LogP contribution in [0.4, 0.5) is 0 Å². The first-order valence-corrected chi connectivity index (χ1v) is 7.18.